The van der Waals surface area contributed by atoms with E-state index in [1.165, 1.54) is 0 Å². The molecule has 0 aliphatic carbocycles. The Morgan fingerprint density at radius 2 is 2.07 bits per heavy atom. The van der Waals surface area contributed by atoms with E-state index in [0.29, 0.717) is 12.8 Å². The molecule has 0 aromatic heterocycles. The van der Waals surface area contributed by atoms with Crippen molar-refractivity contribution in [3.63, 3.8) is 0 Å². The van der Waals surface area contributed by atoms with Crippen molar-refractivity contribution in [3.05, 3.63) is 0 Å². The molecular formula is C8H13F3N2OS. The highest BCUT2D eigenvalue weighted by Crippen LogP contribution is 2.13. The van der Waals surface area contributed by atoms with Crippen LogP contribution in [0.25, 0.3) is 0 Å². The topological polar surface area (TPSA) is 55.1 Å². The summed E-state index contributed by atoms with van der Waals surface area (Å²) < 4.78 is 35.4. The Bertz CT molecular complexity index is 243. The molecule has 0 heterocycles. The smallest absolute Gasteiger partial charge is 0.393 e. The van der Waals surface area contributed by atoms with Crippen LogP contribution in [-0.2, 0) is 4.79 Å². The van der Waals surface area contributed by atoms with Crippen LogP contribution in [0.4, 0.5) is 13.2 Å². The van der Waals surface area contributed by atoms with Gasteiger partial charge in [-0.05, 0) is 6.42 Å². The molecular weight excluding hydrogens is 229 g/mol. The third-order valence-electron chi connectivity index (χ3n) is 1.70. The van der Waals surface area contributed by atoms with Gasteiger partial charge in [0.25, 0.3) is 0 Å². The summed E-state index contributed by atoms with van der Waals surface area (Å²) in [6, 6.07) is 0. The molecule has 3 nitrogen and oxygen atoms in total. The summed E-state index contributed by atoms with van der Waals surface area (Å²) in [6.07, 6.45) is -3.43. The summed E-state index contributed by atoms with van der Waals surface area (Å²) in [4.78, 5) is 11.2. The second kappa shape index (κ2) is 5.89. The molecule has 0 radical (unpaired) electrons. The second-order valence-electron chi connectivity index (χ2n) is 3.08. The molecule has 88 valence electrons. The Labute approximate surface area is 91.2 Å². The summed E-state index contributed by atoms with van der Waals surface area (Å²) in [6.45, 7) is 0.441. The zero-order chi connectivity index (χ0) is 12.1. The van der Waals surface area contributed by atoms with Crippen molar-refractivity contribution in [1.29, 1.82) is 0 Å². The van der Waals surface area contributed by atoms with E-state index >= 15 is 0 Å². The Morgan fingerprint density at radius 1 is 1.53 bits per heavy atom. The van der Waals surface area contributed by atoms with Crippen molar-refractivity contribution in [2.75, 3.05) is 6.54 Å². The fraction of sp³-hybridized carbons (Fsp3) is 0.750. The number of carbonyl (C=O) groups is 1. The number of thiocarbonyl (C=S) groups is 1. The summed E-state index contributed by atoms with van der Waals surface area (Å²) in [5.41, 5.74) is 5.25. The third-order valence-corrected chi connectivity index (χ3v) is 1.98. The van der Waals surface area contributed by atoms with Crippen LogP contribution in [0.5, 0.6) is 0 Å². The van der Waals surface area contributed by atoms with Crippen molar-refractivity contribution >= 4 is 23.1 Å². The van der Waals surface area contributed by atoms with Crippen LogP contribution < -0.4 is 11.1 Å². The van der Waals surface area contributed by atoms with Gasteiger partial charge in [0, 0.05) is 0 Å². The molecule has 15 heavy (non-hydrogen) atoms. The van der Waals surface area contributed by atoms with E-state index < -0.39 is 24.5 Å². The zero-order valence-corrected chi connectivity index (χ0v) is 9.04. The maximum Gasteiger partial charge on any atom is 0.405 e. The van der Waals surface area contributed by atoms with Crippen LogP contribution >= 0.6 is 12.2 Å². The zero-order valence-electron chi connectivity index (χ0n) is 8.23. The molecule has 0 saturated carbocycles. The fourth-order valence-electron chi connectivity index (χ4n) is 1.00. The van der Waals surface area contributed by atoms with Crippen molar-refractivity contribution in [3.8, 4) is 0 Å². The van der Waals surface area contributed by atoms with Crippen molar-refractivity contribution in [1.82, 2.24) is 5.32 Å². The molecule has 0 aromatic carbocycles. The van der Waals surface area contributed by atoms with E-state index in [2.05, 4.69) is 12.2 Å². The summed E-state index contributed by atoms with van der Waals surface area (Å²) in [7, 11) is 0. The van der Waals surface area contributed by atoms with E-state index in [1.807, 2.05) is 0 Å². The highest BCUT2D eigenvalue weighted by Gasteiger charge is 2.30. The van der Waals surface area contributed by atoms with E-state index in [-0.39, 0.29) is 4.99 Å². The molecule has 0 aliphatic heterocycles. The Hall–Kier alpha value is -0.850. The average molecular weight is 242 g/mol. The van der Waals surface area contributed by atoms with Gasteiger partial charge in [0.15, 0.2) is 0 Å². The van der Waals surface area contributed by atoms with Gasteiger partial charge in [0.1, 0.15) is 6.54 Å². The van der Waals surface area contributed by atoms with Crippen molar-refractivity contribution in [2.45, 2.75) is 25.9 Å². The van der Waals surface area contributed by atoms with Gasteiger partial charge in [-0.25, -0.2) is 0 Å². The number of halogens is 3. The van der Waals surface area contributed by atoms with Crippen molar-refractivity contribution in [2.24, 2.45) is 11.7 Å². The van der Waals surface area contributed by atoms with E-state index in [4.69, 9.17) is 5.73 Å². The maximum atomic E-state index is 11.8. The summed E-state index contributed by atoms with van der Waals surface area (Å²) >= 11 is 4.60. The Kier molecular flexibility index (Phi) is 5.56. The van der Waals surface area contributed by atoms with Crippen LogP contribution in [-0.4, -0.2) is 23.6 Å². The van der Waals surface area contributed by atoms with Gasteiger partial charge in [-0.15, -0.1) is 0 Å². The minimum Gasteiger partial charge on any atom is -0.393 e. The first-order valence-electron chi connectivity index (χ1n) is 4.41. The second-order valence-corrected chi connectivity index (χ2v) is 3.55. The van der Waals surface area contributed by atoms with Gasteiger partial charge in [0.05, 0.1) is 10.9 Å². The van der Waals surface area contributed by atoms with E-state index in [0.717, 1.165) is 0 Å². The molecule has 7 heteroatoms. The van der Waals surface area contributed by atoms with Crippen LogP contribution in [0.15, 0.2) is 0 Å². The highest BCUT2D eigenvalue weighted by atomic mass is 32.1. The number of hydrogen-bond acceptors (Lipinski definition) is 2. The van der Waals surface area contributed by atoms with Crippen LogP contribution in [0.3, 0.4) is 0 Å². The monoisotopic (exact) mass is 242 g/mol. The molecule has 0 aromatic rings. The van der Waals surface area contributed by atoms with E-state index in [9.17, 15) is 18.0 Å². The molecule has 0 saturated heterocycles. The minimum atomic E-state index is -4.41. The molecule has 0 bridgehead atoms. The molecule has 0 fully saturated rings. The van der Waals surface area contributed by atoms with Crippen molar-refractivity contribution < 1.29 is 18.0 Å². The number of amides is 1. The largest absolute Gasteiger partial charge is 0.405 e. The maximum absolute atomic E-state index is 11.8. The molecule has 1 unspecified atom stereocenters. The Morgan fingerprint density at radius 3 is 2.40 bits per heavy atom. The summed E-state index contributed by atoms with van der Waals surface area (Å²) in [5.74, 6) is -1.57. The number of alkyl halides is 3. The first-order valence-corrected chi connectivity index (χ1v) is 4.82. The standard InChI is InChI=1S/C8H13F3N2OS/c1-2-3-5(6(12)15)7(14)13-4-8(9,10)11/h5H,2-4H2,1H3,(H2,12,15)(H,13,14). The van der Waals surface area contributed by atoms with Gasteiger partial charge in [0.2, 0.25) is 5.91 Å². The normalized spacial score (nSPS) is 13.3. The number of rotatable bonds is 5. The van der Waals surface area contributed by atoms with Gasteiger partial charge in [-0.2, -0.15) is 13.2 Å². The van der Waals surface area contributed by atoms with Gasteiger partial charge >= 0.3 is 6.18 Å². The number of nitrogens with two attached hydrogens (primary N) is 1. The predicted molar refractivity (Wildman–Crippen MR) is 54.2 cm³/mol. The van der Waals surface area contributed by atoms with Gasteiger partial charge in [-0.3, -0.25) is 4.79 Å². The lowest BCUT2D eigenvalue weighted by Gasteiger charge is -2.15. The average Bonchev–Trinajstić information content (AvgIpc) is 2.08. The molecule has 0 aliphatic rings. The van der Waals surface area contributed by atoms with Gasteiger partial charge < -0.3 is 11.1 Å². The first kappa shape index (κ1) is 14.2. The van der Waals surface area contributed by atoms with Crippen LogP contribution in [0, 0.1) is 5.92 Å². The molecule has 0 rings (SSSR count). The third kappa shape index (κ3) is 6.27. The number of nitrogens with one attached hydrogen (secondary N) is 1. The molecule has 0 spiro atoms. The minimum absolute atomic E-state index is 0.0727. The van der Waals surface area contributed by atoms with Crippen LogP contribution in [0.1, 0.15) is 19.8 Å². The lowest BCUT2D eigenvalue weighted by atomic mass is 10.0. The van der Waals surface area contributed by atoms with Crippen LogP contribution in [0.2, 0.25) is 0 Å². The Balaban J connectivity index is 4.21. The SMILES string of the molecule is CCCC(C(=O)NCC(F)(F)F)C(N)=S. The van der Waals surface area contributed by atoms with Gasteiger partial charge in [-0.1, -0.05) is 25.6 Å². The highest BCUT2D eigenvalue weighted by molar-refractivity contribution is 7.80. The lowest BCUT2D eigenvalue weighted by Crippen LogP contribution is -2.41. The number of carbonyl (C=O) groups excluding carboxylic acids is 1. The lowest BCUT2D eigenvalue weighted by molar-refractivity contribution is -0.139. The molecule has 1 amide bonds. The quantitative estimate of drug-likeness (QED) is 0.716. The summed E-state index contributed by atoms with van der Waals surface area (Å²) in [5, 5.41) is 1.76. The number of hydrogen-bond donors (Lipinski definition) is 2. The molecule has 1 atom stereocenters. The van der Waals surface area contributed by atoms with E-state index in [1.54, 1.807) is 12.2 Å². The fourth-order valence-corrected chi connectivity index (χ4v) is 1.23. The predicted octanol–water partition coefficient (Wildman–Crippen LogP) is 1.37. The molecule has 3 N–H and O–H groups in total. The first-order chi connectivity index (χ1) is 6.78.